The van der Waals surface area contributed by atoms with E-state index in [1.165, 1.54) is 83.5 Å². The Balaban J connectivity index is 3.09. The van der Waals surface area contributed by atoms with E-state index in [0.29, 0.717) is 26.2 Å². The highest BCUT2D eigenvalue weighted by atomic mass is 79.9. The molecule has 0 fully saturated rings. The van der Waals surface area contributed by atoms with E-state index < -0.39 is 0 Å². The van der Waals surface area contributed by atoms with Crippen molar-refractivity contribution in [2.24, 2.45) is 0 Å². The highest BCUT2D eigenvalue weighted by molar-refractivity contribution is 9.09. The lowest BCUT2D eigenvalue weighted by atomic mass is 10.0. The van der Waals surface area contributed by atoms with Crippen LogP contribution in [0.3, 0.4) is 0 Å². The lowest BCUT2D eigenvalue weighted by Gasteiger charge is -2.05. The summed E-state index contributed by atoms with van der Waals surface area (Å²) in [6, 6.07) is 0. The Morgan fingerprint density at radius 1 is 0.654 bits per heavy atom. The summed E-state index contributed by atoms with van der Waals surface area (Å²) in [5.41, 5.74) is 0. The molecular weight excluding hydrogens is 392 g/mol. The maximum Gasteiger partial charge on any atom is 0.305 e. The van der Waals surface area contributed by atoms with E-state index >= 15 is 0 Å². The quantitative estimate of drug-likeness (QED) is 0.109. The molecule has 0 atom stereocenters. The summed E-state index contributed by atoms with van der Waals surface area (Å²) in [7, 11) is 0. The first-order valence-electron chi connectivity index (χ1n) is 11.1. The highest BCUT2D eigenvalue weighted by Gasteiger charge is 2.02. The van der Waals surface area contributed by atoms with Gasteiger partial charge in [0.2, 0.25) is 0 Å². The number of unbranched alkanes of at least 4 members (excludes halogenated alkanes) is 14. The topological polar surface area (TPSA) is 35.5 Å². The van der Waals surface area contributed by atoms with Gasteiger partial charge in [0.1, 0.15) is 6.61 Å². The lowest BCUT2D eigenvalue weighted by Crippen LogP contribution is -2.11. The first-order chi connectivity index (χ1) is 12.8. The van der Waals surface area contributed by atoms with E-state index in [9.17, 15) is 4.79 Å². The van der Waals surface area contributed by atoms with Crippen LogP contribution in [0.5, 0.6) is 0 Å². The van der Waals surface area contributed by atoms with Crippen LogP contribution in [0.15, 0.2) is 0 Å². The van der Waals surface area contributed by atoms with E-state index in [0.717, 1.165) is 18.2 Å². The highest BCUT2D eigenvalue weighted by Crippen LogP contribution is 2.13. The fourth-order valence-electron chi connectivity index (χ4n) is 3.08. The zero-order chi connectivity index (χ0) is 19.1. The Morgan fingerprint density at radius 3 is 1.58 bits per heavy atom. The second-order valence-corrected chi connectivity index (χ2v) is 8.01. The number of carbonyl (C=O) groups excluding carboxylic acids is 1. The number of halogens is 1. The van der Waals surface area contributed by atoms with Crippen molar-refractivity contribution in [3.05, 3.63) is 0 Å². The Kier molecular flexibility index (Phi) is 22.9. The second kappa shape index (κ2) is 23.0. The summed E-state index contributed by atoms with van der Waals surface area (Å²) < 4.78 is 10.4. The Bertz CT molecular complexity index is 285. The predicted molar refractivity (Wildman–Crippen MR) is 115 cm³/mol. The summed E-state index contributed by atoms with van der Waals surface area (Å²) in [4.78, 5) is 11.5. The predicted octanol–water partition coefficient (Wildman–Crippen LogP) is 7.20. The minimum atomic E-state index is -0.0814. The summed E-state index contributed by atoms with van der Waals surface area (Å²) in [6.07, 6.45) is 20.7. The van der Waals surface area contributed by atoms with Crippen molar-refractivity contribution in [3.8, 4) is 0 Å². The van der Waals surface area contributed by atoms with Crippen LogP contribution in [-0.2, 0) is 14.3 Å². The van der Waals surface area contributed by atoms with Gasteiger partial charge in [0.15, 0.2) is 0 Å². The largest absolute Gasteiger partial charge is 0.463 e. The monoisotopic (exact) mass is 434 g/mol. The molecule has 0 aliphatic carbocycles. The Hall–Kier alpha value is -0.0900. The van der Waals surface area contributed by atoms with Gasteiger partial charge in [0.05, 0.1) is 13.2 Å². The van der Waals surface area contributed by atoms with Crippen LogP contribution in [0, 0.1) is 0 Å². The summed E-state index contributed by atoms with van der Waals surface area (Å²) in [5.74, 6) is -0.0814. The molecule has 0 heterocycles. The number of alkyl halides is 1. The van der Waals surface area contributed by atoms with Crippen LogP contribution in [-0.4, -0.2) is 31.1 Å². The first kappa shape index (κ1) is 25.9. The van der Waals surface area contributed by atoms with Crippen molar-refractivity contribution >= 4 is 21.9 Å². The molecule has 0 N–H and O–H groups in total. The molecule has 0 saturated heterocycles. The molecule has 4 heteroatoms. The van der Waals surface area contributed by atoms with E-state index in [1.807, 2.05) is 0 Å². The zero-order valence-electron chi connectivity index (χ0n) is 17.2. The standard InChI is InChI=1S/C22H43BrO3/c1-2-3-4-5-6-7-8-9-10-11-12-13-14-15-16-17-22(24)26-21-20-25-19-18-23/h2-21H2,1H3. The maximum atomic E-state index is 11.5. The molecule has 0 aliphatic heterocycles. The minimum Gasteiger partial charge on any atom is -0.463 e. The van der Waals surface area contributed by atoms with Crippen LogP contribution in [0.25, 0.3) is 0 Å². The van der Waals surface area contributed by atoms with Crippen molar-refractivity contribution in [2.75, 3.05) is 25.2 Å². The molecule has 0 radical (unpaired) electrons. The van der Waals surface area contributed by atoms with Gasteiger partial charge in [-0.25, -0.2) is 0 Å². The van der Waals surface area contributed by atoms with Crippen LogP contribution in [0.2, 0.25) is 0 Å². The van der Waals surface area contributed by atoms with Crippen LogP contribution in [0.1, 0.15) is 110 Å². The van der Waals surface area contributed by atoms with Gasteiger partial charge in [0, 0.05) is 11.8 Å². The van der Waals surface area contributed by atoms with Crippen molar-refractivity contribution < 1.29 is 14.3 Å². The second-order valence-electron chi connectivity index (χ2n) is 7.22. The third kappa shape index (κ3) is 22.0. The van der Waals surface area contributed by atoms with E-state index in [4.69, 9.17) is 9.47 Å². The SMILES string of the molecule is CCCCCCCCCCCCCCCCCC(=O)OCCOCCBr. The molecular formula is C22H43BrO3. The van der Waals surface area contributed by atoms with Gasteiger partial charge in [0.25, 0.3) is 0 Å². The Morgan fingerprint density at radius 2 is 1.12 bits per heavy atom. The smallest absolute Gasteiger partial charge is 0.305 e. The number of rotatable bonds is 21. The van der Waals surface area contributed by atoms with Gasteiger partial charge < -0.3 is 9.47 Å². The summed E-state index contributed by atoms with van der Waals surface area (Å²) in [5, 5.41) is 0.820. The zero-order valence-corrected chi connectivity index (χ0v) is 18.8. The number of ether oxygens (including phenoxy) is 2. The van der Waals surface area contributed by atoms with Crippen molar-refractivity contribution in [1.29, 1.82) is 0 Å². The van der Waals surface area contributed by atoms with E-state index in [-0.39, 0.29) is 5.97 Å². The van der Waals surface area contributed by atoms with Gasteiger partial charge in [-0.3, -0.25) is 4.79 Å². The fourth-order valence-corrected chi connectivity index (χ4v) is 3.31. The molecule has 0 unspecified atom stereocenters. The molecule has 0 aromatic rings. The van der Waals surface area contributed by atoms with Gasteiger partial charge in [-0.1, -0.05) is 113 Å². The molecule has 0 spiro atoms. The number of hydrogen-bond donors (Lipinski definition) is 0. The average Bonchev–Trinajstić information content (AvgIpc) is 2.64. The molecule has 0 amide bonds. The van der Waals surface area contributed by atoms with E-state index in [1.54, 1.807) is 0 Å². The normalized spacial score (nSPS) is 11.0. The minimum absolute atomic E-state index is 0.0814. The molecule has 0 aromatic heterocycles. The third-order valence-corrected chi connectivity index (χ3v) is 5.02. The molecule has 0 aliphatic rings. The summed E-state index contributed by atoms with van der Waals surface area (Å²) in [6.45, 7) is 3.82. The van der Waals surface area contributed by atoms with Crippen molar-refractivity contribution in [3.63, 3.8) is 0 Å². The molecule has 3 nitrogen and oxygen atoms in total. The fraction of sp³-hybridized carbons (Fsp3) is 0.955. The first-order valence-corrected chi connectivity index (χ1v) is 12.2. The summed E-state index contributed by atoms with van der Waals surface area (Å²) >= 11 is 3.29. The van der Waals surface area contributed by atoms with E-state index in [2.05, 4.69) is 22.9 Å². The molecule has 0 bridgehead atoms. The van der Waals surface area contributed by atoms with Gasteiger partial charge in [-0.15, -0.1) is 0 Å². The number of esters is 1. The van der Waals surface area contributed by atoms with Gasteiger partial charge in [-0.05, 0) is 6.42 Å². The molecule has 0 rings (SSSR count). The lowest BCUT2D eigenvalue weighted by molar-refractivity contribution is -0.145. The van der Waals surface area contributed by atoms with Crippen LogP contribution < -0.4 is 0 Å². The molecule has 0 saturated carbocycles. The van der Waals surface area contributed by atoms with Crippen LogP contribution in [0.4, 0.5) is 0 Å². The van der Waals surface area contributed by atoms with Crippen molar-refractivity contribution in [1.82, 2.24) is 0 Å². The molecule has 26 heavy (non-hydrogen) atoms. The van der Waals surface area contributed by atoms with Crippen LogP contribution >= 0.6 is 15.9 Å². The average molecular weight is 435 g/mol. The maximum absolute atomic E-state index is 11.5. The molecule has 156 valence electrons. The van der Waals surface area contributed by atoms with Gasteiger partial charge in [-0.2, -0.15) is 0 Å². The van der Waals surface area contributed by atoms with Gasteiger partial charge >= 0.3 is 5.97 Å². The third-order valence-electron chi connectivity index (χ3n) is 4.70. The number of carbonyl (C=O) groups is 1. The Labute approximate surface area is 171 Å². The van der Waals surface area contributed by atoms with Crippen molar-refractivity contribution in [2.45, 2.75) is 110 Å². The number of hydrogen-bond acceptors (Lipinski definition) is 3. The molecule has 0 aromatic carbocycles.